The number of rotatable bonds is 5. The topological polar surface area (TPSA) is 111 Å². The summed E-state index contributed by atoms with van der Waals surface area (Å²) in [7, 11) is 3.13. The molecule has 8 heteroatoms. The van der Waals surface area contributed by atoms with Crippen LogP contribution in [0.25, 0.3) is 0 Å². The molecule has 1 aliphatic rings. The molecule has 3 rings (SSSR count). The maximum absolute atomic E-state index is 12.2. The van der Waals surface area contributed by atoms with Crippen LogP contribution in [0, 0.1) is 0 Å². The van der Waals surface area contributed by atoms with Gasteiger partial charge in [0.05, 0.1) is 11.3 Å². The first-order chi connectivity index (χ1) is 12.9. The minimum atomic E-state index is -0.637. The van der Waals surface area contributed by atoms with Crippen LogP contribution in [0.5, 0.6) is 5.75 Å². The van der Waals surface area contributed by atoms with E-state index in [1.165, 1.54) is 17.0 Å². The molecular formula is C19H18N4O4. The number of carbonyl (C=O) groups excluding carboxylic acids is 3. The molecule has 0 saturated carbocycles. The van der Waals surface area contributed by atoms with Crippen molar-refractivity contribution >= 4 is 29.1 Å². The van der Waals surface area contributed by atoms with Crippen LogP contribution < -0.4 is 16.0 Å². The molecule has 2 aromatic carbocycles. The minimum Gasteiger partial charge on any atom is -0.505 e. The zero-order valence-electron chi connectivity index (χ0n) is 14.7. The lowest BCUT2D eigenvalue weighted by Gasteiger charge is -2.15. The van der Waals surface area contributed by atoms with Gasteiger partial charge in [0.1, 0.15) is 11.4 Å². The van der Waals surface area contributed by atoms with Crippen molar-refractivity contribution in [1.82, 2.24) is 10.2 Å². The Morgan fingerprint density at radius 1 is 0.926 bits per heavy atom. The summed E-state index contributed by atoms with van der Waals surface area (Å²) < 4.78 is 0. The first kappa shape index (κ1) is 18.0. The molecular weight excluding hydrogens is 348 g/mol. The van der Waals surface area contributed by atoms with Crippen molar-refractivity contribution in [3.8, 4) is 5.75 Å². The van der Waals surface area contributed by atoms with E-state index in [2.05, 4.69) is 16.0 Å². The summed E-state index contributed by atoms with van der Waals surface area (Å²) in [6.07, 6.45) is 0. The quantitative estimate of drug-likeness (QED) is 0.471. The van der Waals surface area contributed by atoms with Crippen molar-refractivity contribution in [3.05, 3.63) is 65.5 Å². The zero-order chi connectivity index (χ0) is 19.6. The number of hydrogen-bond donors (Lipinski definition) is 4. The second-order valence-corrected chi connectivity index (χ2v) is 6.05. The molecule has 0 atom stereocenters. The Morgan fingerprint density at radius 3 is 2.19 bits per heavy atom. The number of phenols is 1. The molecule has 0 saturated heterocycles. The first-order valence-corrected chi connectivity index (χ1v) is 8.11. The number of aromatic hydroxyl groups is 1. The number of nitrogens with zero attached hydrogens (tertiary/aromatic N) is 1. The SMILES string of the molecule is CN(C)C(=O)c1cccc(NC2=C(Nc3ccccc3)C(=O)NC2=O)c1O. The fourth-order valence-electron chi connectivity index (χ4n) is 2.55. The smallest absolute Gasteiger partial charge is 0.276 e. The maximum atomic E-state index is 12.2. The molecule has 4 N–H and O–H groups in total. The third kappa shape index (κ3) is 3.59. The molecule has 8 nitrogen and oxygen atoms in total. The molecule has 0 aliphatic carbocycles. The van der Waals surface area contributed by atoms with Gasteiger partial charge in [-0.1, -0.05) is 24.3 Å². The number of benzene rings is 2. The standard InChI is InChI=1S/C19H18N4O4/c1-23(2)19(27)12-9-6-10-13(16(12)24)21-15-14(17(25)22-18(15)26)20-11-7-4-3-5-8-11/h3-10,24H,1-2H3,(H3,20,21,22,25,26). The van der Waals surface area contributed by atoms with E-state index < -0.39 is 11.8 Å². The van der Waals surface area contributed by atoms with Crippen LogP contribution in [0.15, 0.2) is 59.9 Å². The summed E-state index contributed by atoms with van der Waals surface area (Å²) in [5.41, 5.74) is 0.809. The van der Waals surface area contributed by atoms with E-state index in [-0.39, 0.29) is 34.3 Å². The molecule has 0 aromatic heterocycles. The van der Waals surface area contributed by atoms with Gasteiger partial charge in [-0.05, 0) is 24.3 Å². The number of para-hydroxylation sites is 2. The molecule has 2 aromatic rings. The van der Waals surface area contributed by atoms with E-state index in [0.29, 0.717) is 5.69 Å². The fraction of sp³-hybridized carbons (Fsp3) is 0.105. The molecule has 0 fully saturated rings. The highest BCUT2D eigenvalue weighted by Crippen LogP contribution is 2.30. The molecule has 0 bridgehead atoms. The van der Waals surface area contributed by atoms with Crippen molar-refractivity contribution in [2.75, 3.05) is 24.7 Å². The van der Waals surface area contributed by atoms with Crippen LogP contribution in [0.1, 0.15) is 10.4 Å². The number of carbonyl (C=O) groups is 3. The highest BCUT2D eigenvalue weighted by Gasteiger charge is 2.31. The Bertz CT molecular complexity index is 951. The van der Waals surface area contributed by atoms with Crippen molar-refractivity contribution in [1.29, 1.82) is 0 Å². The third-order valence-electron chi connectivity index (χ3n) is 3.91. The highest BCUT2D eigenvalue weighted by molar-refractivity contribution is 6.21. The molecule has 138 valence electrons. The van der Waals surface area contributed by atoms with E-state index in [1.54, 1.807) is 44.4 Å². The second-order valence-electron chi connectivity index (χ2n) is 6.05. The summed E-state index contributed by atoms with van der Waals surface area (Å²) >= 11 is 0. The van der Waals surface area contributed by atoms with Crippen LogP contribution in [-0.4, -0.2) is 41.8 Å². The van der Waals surface area contributed by atoms with Gasteiger partial charge in [-0.25, -0.2) is 0 Å². The Kier molecular flexibility index (Phi) is 4.80. The summed E-state index contributed by atoms with van der Waals surface area (Å²) in [6, 6.07) is 13.4. The van der Waals surface area contributed by atoms with Gasteiger partial charge in [0.15, 0.2) is 5.75 Å². The van der Waals surface area contributed by atoms with Gasteiger partial charge < -0.3 is 20.6 Å². The monoisotopic (exact) mass is 366 g/mol. The molecule has 0 unspecified atom stereocenters. The van der Waals surface area contributed by atoms with Crippen molar-refractivity contribution in [2.24, 2.45) is 0 Å². The molecule has 0 radical (unpaired) electrons. The minimum absolute atomic E-state index is 0.0231. The predicted octanol–water partition coefficient (Wildman–Crippen LogP) is 1.49. The van der Waals surface area contributed by atoms with Crippen LogP contribution in [-0.2, 0) is 9.59 Å². The van der Waals surface area contributed by atoms with Crippen LogP contribution in [0.2, 0.25) is 0 Å². The van der Waals surface area contributed by atoms with Gasteiger partial charge >= 0.3 is 0 Å². The van der Waals surface area contributed by atoms with E-state index in [4.69, 9.17) is 0 Å². The Hall–Kier alpha value is -3.81. The molecule has 1 heterocycles. The average Bonchev–Trinajstić information content (AvgIpc) is 2.90. The van der Waals surface area contributed by atoms with Gasteiger partial charge in [0.25, 0.3) is 17.7 Å². The Morgan fingerprint density at radius 2 is 1.56 bits per heavy atom. The normalized spacial score (nSPS) is 13.4. The van der Waals surface area contributed by atoms with Crippen LogP contribution >= 0.6 is 0 Å². The number of nitrogens with one attached hydrogen (secondary N) is 3. The molecule has 27 heavy (non-hydrogen) atoms. The molecule has 1 aliphatic heterocycles. The van der Waals surface area contributed by atoms with E-state index >= 15 is 0 Å². The van der Waals surface area contributed by atoms with Crippen molar-refractivity contribution in [3.63, 3.8) is 0 Å². The van der Waals surface area contributed by atoms with Gasteiger partial charge in [-0.2, -0.15) is 0 Å². The van der Waals surface area contributed by atoms with Gasteiger partial charge in [-0.3, -0.25) is 19.7 Å². The summed E-state index contributed by atoms with van der Waals surface area (Å²) in [5.74, 6) is -1.93. The van der Waals surface area contributed by atoms with Crippen molar-refractivity contribution < 1.29 is 19.5 Å². The lowest BCUT2D eigenvalue weighted by molar-refractivity contribution is -0.124. The number of amides is 3. The molecule has 3 amide bonds. The number of phenolic OH excluding ortho intramolecular Hbond substituents is 1. The van der Waals surface area contributed by atoms with E-state index in [1.807, 2.05) is 6.07 Å². The molecule has 0 spiro atoms. The predicted molar refractivity (Wildman–Crippen MR) is 100.0 cm³/mol. The van der Waals surface area contributed by atoms with Crippen molar-refractivity contribution in [2.45, 2.75) is 0 Å². The Balaban J connectivity index is 1.97. The van der Waals surface area contributed by atoms with Crippen LogP contribution in [0.3, 0.4) is 0 Å². The number of imide groups is 1. The van der Waals surface area contributed by atoms with Gasteiger partial charge in [0, 0.05) is 19.8 Å². The van der Waals surface area contributed by atoms with Crippen LogP contribution in [0.4, 0.5) is 11.4 Å². The average molecular weight is 366 g/mol. The maximum Gasteiger partial charge on any atom is 0.276 e. The first-order valence-electron chi connectivity index (χ1n) is 8.11. The second kappa shape index (κ2) is 7.20. The summed E-state index contributed by atoms with van der Waals surface area (Å²) in [4.78, 5) is 37.8. The summed E-state index contributed by atoms with van der Waals surface area (Å²) in [6.45, 7) is 0. The van der Waals surface area contributed by atoms with E-state index in [9.17, 15) is 19.5 Å². The third-order valence-corrected chi connectivity index (χ3v) is 3.91. The highest BCUT2D eigenvalue weighted by atomic mass is 16.3. The number of anilines is 2. The van der Waals surface area contributed by atoms with E-state index in [0.717, 1.165) is 0 Å². The zero-order valence-corrected chi connectivity index (χ0v) is 14.7. The lowest BCUT2D eigenvalue weighted by Crippen LogP contribution is -2.25. The van der Waals surface area contributed by atoms with Gasteiger partial charge in [0.2, 0.25) is 0 Å². The van der Waals surface area contributed by atoms with Gasteiger partial charge in [-0.15, -0.1) is 0 Å². The Labute approximate surface area is 155 Å². The fourth-order valence-corrected chi connectivity index (χ4v) is 2.55. The summed E-state index contributed by atoms with van der Waals surface area (Å²) in [5, 5.41) is 18.3. The largest absolute Gasteiger partial charge is 0.505 e. The lowest BCUT2D eigenvalue weighted by atomic mass is 10.1. The number of hydrogen-bond acceptors (Lipinski definition) is 6.